The Bertz CT molecular complexity index is 572. The quantitative estimate of drug-likeness (QED) is 0.920. The third kappa shape index (κ3) is 2.47. The zero-order valence-electron chi connectivity index (χ0n) is 9.91. The molecule has 2 N–H and O–H groups in total. The van der Waals surface area contributed by atoms with Crippen molar-refractivity contribution in [2.45, 2.75) is 6.54 Å². The van der Waals surface area contributed by atoms with Crippen LogP contribution in [-0.2, 0) is 6.54 Å². The second-order valence-corrected chi connectivity index (χ2v) is 4.27. The van der Waals surface area contributed by atoms with Gasteiger partial charge in [-0.1, -0.05) is 23.7 Å². The van der Waals surface area contributed by atoms with E-state index in [0.717, 1.165) is 5.56 Å². The Kier molecular flexibility index (Phi) is 3.84. The SMILES string of the molecule is COc1cc(-c2cc(CN)ccc2F)ccc1Cl. The van der Waals surface area contributed by atoms with Crippen LogP contribution in [0.2, 0.25) is 5.02 Å². The molecule has 0 unspecified atom stereocenters. The van der Waals surface area contributed by atoms with Crippen LogP contribution in [0.4, 0.5) is 4.39 Å². The number of rotatable bonds is 3. The third-order valence-corrected chi connectivity index (χ3v) is 3.04. The molecule has 94 valence electrons. The second-order valence-electron chi connectivity index (χ2n) is 3.87. The lowest BCUT2D eigenvalue weighted by molar-refractivity contribution is 0.415. The molecule has 18 heavy (non-hydrogen) atoms. The Labute approximate surface area is 110 Å². The molecule has 2 aromatic rings. The highest BCUT2D eigenvalue weighted by atomic mass is 35.5. The Morgan fingerprint density at radius 3 is 2.67 bits per heavy atom. The van der Waals surface area contributed by atoms with E-state index in [-0.39, 0.29) is 5.82 Å². The van der Waals surface area contributed by atoms with Crippen molar-refractivity contribution in [3.05, 3.63) is 52.8 Å². The maximum absolute atomic E-state index is 13.8. The minimum atomic E-state index is -0.295. The topological polar surface area (TPSA) is 35.2 Å². The summed E-state index contributed by atoms with van der Waals surface area (Å²) in [6.07, 6.45) is 0. The average Bonchev–Trinajstić information content (AvgIpc) is 2.40. The summed E-state index contributed by atoms with van der Waals surface area (Å²) >= 11 is 5.94. The standard InChI is InChI=1S/C14H13ClFNO/c1-18-14-7-10(3-4-12(14)15)11-6-9(8-17)2-5-13(11)16/h2-7H,8,17H2,1H3. The first-order valence-electron chi connectivity index (χ1n) is 5.48. The van der Waals surface area contributed by atoms with Crippen LogP contribution in [0.25, 0.3) is 11.1 Å². The van der Waals surface area contributed by atoms with Gasteiger partial charge in [-0.2, -0.15) is 0 Å². The van der Waals surface area contributed by atoms with E-state index in [0.29, 0.717) is 28.4 Å². The molecule has 0 saturated carbocycles. The number of benzene rings is 2. The van der Waals surface area contributed by atoms with Crippen LogP contribution in [-0.4, -0.2) is 7.11 Å². The van der Waals surface area contributed by atoms with E-state index in [1.165, 1.54) is 13.2 Å². The van der Waals surface area contributed by atoms with Crippen LogP contribution in [0.3, 0.4) is 0 Å². The highest BCUT2D eigenvalue weighted by Crippen LogP contribution is 2.32. The predicted molar refractivity (Wildman–Crippen MR) is 71.3 cm³/mol. The molecule has 0 spiro atoms. The smallest absolute Gasteiger partial charge is 0.138 e. The molecule has 0 aliphatic heterocycles. The summed E-state index contributed by atoms with van der Waals surface area (Å²) in [7, 11) is 1.53. The first-order valence-corrected chi connectivity index (χ1v) is 5.86. The van der Waals surface area contributed by atoms with Crippen molar-refractivity contribution >= 4 is 11.6 Å². The molecule has 0 radical (unpaired) electrons. The third-order valence-electron chi connectivity index (χ3n) is 2.73. The first kappa shape index (κ1) is 12.9. The minimum Gasteiger partial charge on any atom is -0.495 e. The van der Waals surface area contributed by atoms with Crippen molar-refractivity contribution in [2.24, 2.45) is 5.73 Å². The van der Waals surface area contributed by atoms with E-state index in [1.54, 1.807) is 30.3 Å². The molecule has 0 heterocycles. The highest BCUT2D eigenvalue weighted by Gasteiger charge is 2.09. The Balaban J connectivity index is 2.54. The van der Waals surface area contributed by atoms with E-state index in [1.807, 2.05) is 0 Å². The number of methoxy groups -OCH3 is 1. The summed E-state index contributed by atoms with van der Waals surface area (Å²) in [4.78, 5) is 0. The van der Waals surface area contributed by atoms with Crippen molar-refractivity contribution in [3.8, 4) is 16.9 Å². The van der Waals surface area contributed by atoms with Gasteiger partial charge in [0.1, 0.15) is 11.6 Å². The van der Waals surface area contributed by atoms with Crippen LogP contribution in [0.15, 0.2) is 36.4 Å². The van der Waals surface area contributed by atoms with Crippen LogP contribution < -0.4 is 10.5 Å². The molecule has 0 aliphatic rings. The van der Waals surface area contributed by atoms with E-state index >= 15 is 0 Å². The molecule has 2 aromatic carbocycles. The van der Waals surface area contributed by atoms with E-state index in [9.17, 15) is 4.39 Å². The van der Waals surface area contributed by atoms with E-state index in [4.69, 9.17) is 22.1 Å². The number of halogens is 2. The van der Waals surface area contributed by atoms with Crippen molar-refractivity contribution in [1.29, 1.82) is 0 Å². The van der Waals surface area contributed by atoms with Crippen molar-refractivity contribution in [3.63, 3.8) is 0 Å². The fourth-order valence-corrected chi connectivity index (χ4v) is 1.94. The van der Waals surface area contributed by atoms with Crippen LogP contribution >= 0.6 is 11.6 Å². The Morgan fingerprint density at radius 2 is 2.00 bits per heavy atom. The lowest BCUT2D eigenvalue weighted by atomic mass is 10.0. The molecular weight excluding hydrogens is 253 g/mol. The van der Waals surface area contributed by atoms with E-state index < -0.39 is 0 Å². The van der Waals surface area contributed by atoms with Crippen molar-refractivity contribution in [1.82, 2.24) is 0 Å². The van der Waals surface area contributed by atoms with Crippen molar-refractivity contribution in [2.75, 3.05) is 7.11 Å². The molecular formula is C14H13ClFNO. The van der Waals surface area contributed by atoms with Gasteiger partial charge < -0.3 is 10.5 Å². The maximum Gasteiger partial charge on any atom is 0.138 e. The predicted octanol–water partition coefficient (Wildman–Crippen LogP) is 3.61. The van der Waals surface area contributed by atoms with Gasteiger partial charge in [-0.05, 0) is 35.4 Å². The molecule has 0 bridgehead atoms. The molecule has 0 saturated heterocycles. The van der Waals surface area contributed by atoms with Crippen LogP contribution in [0, 0.1) is 5.82 Å². The van der Waals surface area contributed by atoms with Gasteiger partial charge in [0.25, 0.3) is 0 Å². The fourth-order valence-electron chi connectivity index (χ4n) is 1.75. The first-order chi connectivity index (χ1) is 8.65. The summed E-state index contributed by atoms with van der Waals surface area (Å²) in [6.45, 7) is 0.373. The zero-order valence-corrected chi connectivity index (χ0v) is 10.7. The number of hydrogen-bond acceptors (Lipinski definition) is 2. The minimum absolute atomic E-state index is 0.295. The van der Waals surface area contributed by atoms with Gasteiger partial charge >= 0.3 is 0 Å². The second kappa shape index (κ2) is 5.38. The van der Waals surface area contributed by atoms with Gasteiger partial charge in [0.05, 0.1) is 12.1 Å². The molecule has 2 rings (SSSR count). The summed E-state index contributed by atoms with van der Waals surface area (Å²) < 4.78 is 18.9. The van der Waals surface area contributed by atoms with Gasteiger partial charge in [0.15, 0.2) is 0 Å². The largest absolute Gasteiger partial charge is 0.495 e. The van der Waals surface area contributed by atoms with Gasteiger partial charge in [-0.3, -0.25) is 0 Å². The highest BCUT2D eigenvalue weighted by molar-refractivity contribution is 6.32. The van der Waals surface area contributed by atoms with Gasteiger partial charge in [-0.15, -0.1) is 0 Å². The van der Waals surface area contributed by atoms with Gasteiger partial charge in [-0.25, -0.2) is 4.39 Å². The lowest BCUT2D eigenvalue weighted by Gasteiger charge is -2.09. The number of hydrogen-bond donors (Lipinski definition) is 1. The van der Waals surface area contributed by atoms with Gasteiger partial charge in [0.2, 0.25) is 0 Å². The summed E-state index contributed by atoms with van der Waals surface area (Å²) in [5.41, 5.74) is 7.64. The lowest BCUT2D eigenvalue weighted by Crippen LogP contribution is -1.97. The average molecular weight is 266 g/mol. The number of ether oxygens (including phenoxy) is 1. The maximum atomic E-state index is 13.8. The molecule has 2 nitrogen and oxygen atoms in total. The fraction of sp³-hybridized carbons (Fsp3) is 0.143. The summed E-state index contributed by atoms with van der Waals surface area (Å²) in [5, 5.41) is 0.497. The molecule has 0 atom stereocenters. The summed E-state index contributed by atoms with van der Waals surface area (Å²) in [5.74, 6) is 0.225. The Hall–Kier alpha value is -1.58. The number of nitrogens with two attached hydrogens (primary N) is 1. The molecule has 0 aliphatic carbocycles. The molecule has 4 heteroatoms. The van der Waals surface area contributed by atoms with Crippen LogP contribution in [0.5, 0.6) is 5.75 Å². The molecule has 0 aromatic heterocycles. The van der Waals surface area contributed by atoms with Crippen LogP contribution in [0.1, 0.15) is 5.56 Å². The Morgan fingerprint density at radius 1 is 1.22 bits per heavy atom. The normalized spacial score (nSPS) is 10.4. The monoisotopic (exact) mass is 265 g/mol. The zero-order chi connectivity index (χ0) is 13.1. The van der Waals surface area contributed by atoms with Gasteiger partial charge in [0, 0.05) is 12.1 Å². The molecule has 0 fully saturated rings. The van der Waals surface area contributed by atoms with E-state index in [2.05, 4.69) is 0 Å². The van der Waals surface area contributed by atoms with Crippen molar-refractivity contribution < 1.29 is 9.13 Å². The summed E-state index contributed by atoms with van der Waals surface area (Å²) in [6, 6.07) is 9.97. The molecule has 0 amide bonds.